The molecule has 1 heterocycles. The molecule has 1 aromatic heterocycles. The molecule has 0 atom stereocenters. The molecule has 2 nitrogen and oxygen atoms in total. The van der Waals surface area contributed by atoms with E-state index in [0.717, 1.165) is 6.42 Å². The fraction of sp³-hybridized carbons (Fsp3) is 0.750. The van der Waals surface area contributed by atoms with E-state index in [9.17, 15) is 0 Å². The van der Waals surface area contributed by atoms with Crippen molar-refractivity contribution in [1.82, 2.24) is 4.98 Å². The van der Waals surface area contributed by atoms with Crippen molar-refractivity contribution in [3.05, 3.63) is 15.6 Å². The molecular weight excluding hydrogens is 204 g/mol. The lowest BCUT2D eigenvalue weighted by atomic mass is 9.91. The Morgan fingerprint density at radius 1 is 1.33 bits per heavy atom. The predicted octanol–water partition coefficient (Wildman–Crippen LogP) is 3.24. The molecule has 0 aliphatic rings. The number of aromatic nitrogens is 1. The van der Waals surface area contributed by atoms with E-state index >= 15 is 0 Å². The minimum Gasteiger partial charge on any atom is -0.326 e. The van der Waals surface area contributed by atoms with Crippen LogP contribution in [-0.4, -0.2) is 4.98 Å². The normalized spacial score (nSPS) is 12.1. The summed E-state index contributed by atoms with van der Waals surface area (Å²) < 4.78 is 0. The van der Waals surface area contributed by atoms with Crippen LogP contribution in [0.1, 0.15) is 56.1 Å². The second-order valence-corrected chi connectivity index (χ2v) is 6.11. The van der Waals surface area contributed by atoms with Gasteiger partial charge in [-0.25, -0.2) is 4.98 Å². The number of nitrogens with zero attached hydrogens (tertiary/aromatic N) is 1. The van der Waals surface area contributed by atoms with Gasteiger partial charge in [0.25, 0.3) is 0 Å². The molecule has 86 valence electrons. The lowest BCUT2D eigenvalue weighted by Crippen LogP contribution is -2.15. The highest BCUT2D eigenvalue weighted by Crippen LogP contribution is 2.29. The highest BCUT2D eigenvalue weighted by Gasteiger charge is 2.22. The molecule has 0 aliphatic carbocycles. The van der Waals surface area contributed by atoms with Gasteiger partial charge >= 0.3 is 0 Å². The number of rotatable bonds is 4. The van der Waals surface area contributed by atoms with E-state index in [-0.39, 0.29) is 5.41 Å². The molecule has 0 bridgehead atoms. The van der Waals surface area contributed by atoms with Gasteiger partial charge in [-0.05, 0) is 12.8 Å². The van der Waals surface area contributed by atoms with Crippen molar-refractivity contribution in [2.75, 3.05) is 0 Å². The summed E-state index contributed by atoms with van der Waals surface area (Å²) in [5, 5.41) is 1.25. The fourth-order valence-electron chi connectivity index (χ4n) is 1.56. The summed E-state index contributed by atoms with van der Waals surface area (Å²) in [7, 11) is 0. The van der Waals surface area contributed by atoms with Crippen molar-refractivity contribution in [2.45, 2.75) is 58.9 Å². The Balaban J connectivity index is 2.90. The van der Waals surface area contributed by atoms with Gasteiger partial charge in [0.2, 0.25) is 0 Å². The summed E-state index contributed by atoms with van der Waals surface area (Å²) in [4.78, 5) is 5.99. The molecule has 0 unspecified atom stereocenters. The van der Waals surface area contributed by atoms with Gasteiger partial charge in [0.05, 0.1) is 10.7 Å². The van der Waals surface area contributed by atoms with Gasteiger partial charge in [0.1, 0.15) is 0 Å². The summed E-state index contributed by atoms with van der Waals surface area (Å²) in [6, 6.07) is 0. The topological polar surface area (TPSA) is 38.9 Å². The van der Waals surface area contributed by atoms with Crippen LogP contribution in [-0.2, 0) is 18.4 Å². The smallest absolute Gasteiger partial charge is 0.0931 e. The van der Waals surface area contributed by atoms with E-state index in [0.29, 0.717) is 6.54 Å². The molecular formula is C12H22N2S. The molecule has 0 radical (unpaired) electrons. The molecule has 0 amide bonds. The minimum absolute atomic E-state index is 0.121. The van der Waals surface area contributed by atoms with Crippen molar-refractivity contribution in [3.8, 4) is 0 Å². The number of aryl methyl sites for hydroxylation is 1. The van der Waals surface area contributed by atoms with Crippen LogP contribution < -0.4 is 5.73 Å². The quantitative estimate of drug-likeness (QED) is 0.856. The summed E-state index contributed by atoms with van der Waals surface area (Å²) in [6.45, 7) is 9.43. The number of hydrogen-bond donors (Lipinski definition) is 1. The number of unbranched alkanes of at least 4 members (excludes halogenated alkanes) is 1. The lowest BCUT2D eigenvalue weighted by molar-refractivity contribution is 0.563. The average molecular weight is 226 g/mol. The molecule has 0 aromatic carbocycles. The predicted molar refractivity (Wildman–Crippen MR) is 67.3 cm³/mol. The Hall–Kier alpha value is -0.410. The average Bonchev–Trinajstić information content (AvgIpc) is 2.57. The second kappa shape index (κ2) is 5.08. The van der Waals surface area contributed by atoms with Crippen LogP contribution in [0.25, 0.3) is 0 Å². The largest absolute Gasteiger partial charge is 0.326 e. The van der Waals surface area contributed by atoms with E-state index in [4.69, 9.17) is 10.7 Å². The van der Waals surface area contributed by atoms with Gasteiger partial charge in [-0.2, -0.15) is 0 Å². The number of hydrogen-bond acceptors (Lipinski definition) is 3. The zero-order chi connectivity index (χ0) is 11.5. The Morgan fingerprint density at radius 2 is 2.00 bits per heavy atom. The maximum Gasteiger partial charge on any atom is 0.0931 e. The van der Waals surface area contributed by atoms with Crippen LogP contribution in [0.3, 0.4) is 0 Å². The van der Waals surface area contributed by atoms with Gasteiger partial charge in [0, 0.05) is 16.8 Å². The van der Waals surface area contributed by atoms with Gasteiger partial charge < -0.3 is 5.73 Å². The zero-order valence-corrected chi connectivity index (χ0v) is 11.1. The third-order valence-corrected chi connectivity index (χ3v) is 3.52. The zero-order valence-electron chi connectivity index (χ0n) is 10.3. The van der Waals surface area contributed by atoms with Crippen LogP contribution in [0.4, 0.5) is 0 Å². The van der Waals surface area contributed by atoms with Gasteiger partial charge in [-0.1, -0.05) is 34.1 Å². The highest BCUT2D eigenvalue weighted by atomic mass is 32.1. The SMILES string of the molecule is CCCCc1nc(C(C)(C)C)c(CN)s1. The van der Waals surface area contributed by atoms with Crippen LogP contribution in [0.15, 0.2) is 0 Å². The third-order valence-electron chi connectivity index (χ3n) is 2.38. The standard InChI is InChI=1S/C12H22N2S/c1-5-6-7-10-14-11(12(2,3)4)9(8-13)15-10/h5-8,13H2,1-4H3. The first kappa shape index (κ1) is 12.7. The summed E-state index contributed by atoms with van der Waals surface area (Å²) in [5.41, 5.74) is 7.08. The first-order chi connectivity index (χ1) is 6.99. The Morgan fingerprint density at radius 3 is 2.40 bits per heavy atom. The summed E-state index contributed by atoms with van der Waals surface area (Å²) in [5.74, 6) is 0. The van der Waals surface area contributed by atoms with Crippen molar-refractivity contribution < 1.29 is 0 Å². The molecule has 0 saturated heterocycles. The van der Waals surface area contributed by atoms with E-state index in [2.05, 4.69) is 27.7 Å². The minimum atomic E-state index is 0.121. The van der Waals surface area contributed by atoms with Crippen LogP contribution >= 0.6 is 11.3 Å². The molecule has 0 spiro atoms. The van der Waals surface area contributed by atoms with Crippen molar-refractivity contribution in [1.29, 1.82) is 0 Å². The molecule has 15 heavy (non-hydrogen) atoms. The van der Waals surface area contributed by atoms with E-state index < -0.39 is 0 Å². The van der Waals surface area contributed by atoms with E-state index in [1.165, 1.54) is 28.4 Å². The van der Waals surface area contributed by atoms with Crippen LogP contribution in [0, 0.1) is 0 Å². The van der Waals surface area contributed by atoms with E-state index in [1.807, 2.05) is 0 Å². The Labute approximate surface area is 96.9 Å². The summed E-state index contributed by atoms with van der Waals surface area (Å²) >= 11 is 1.79. The van der Waals surface area contributed by atoms with Crippen molar-refractivity contribution in [3.63, 3.8) is 0 Å². The first-order valence-electron chi connectivity index (χ1n) is 5.68. The molecule has 3 heteroatoms. The lowest BCUT2D eigenvalue weighted by Gasteiger charge is -2.16. The highest BCUT2D eigenvalue weighted by molar-refractivity contribution is 7.11. The number of nitrogens with two attached hydrogens (primary N) is 1. The first-order valence-corrected chi connectivity index (χ1v) is 6.49. The van der Waals surface area contributed by atoms with Gasteiger partial charge in [-0.15, -0.1) is 11.3 Å². The van der Waals surface area contributed by atoms with Gasteiger partial charge in [0.15, 0.2) is 0 Å². The maximum absolute atomic E-state index is 5.76. The fourth-order valence-corrected chi connectivity index (χ4v) is 2.76. The van der Waals surface area contributed by atoms with Crippen molar-refractivity contribution in [2.24, 2.45) is 5.73 Å². The molecule has 1 rings (SSSR count). The van der Waals surface area contributed by atoms with Crippen LogP contribution in [0.2, 0.25) is 0 Å². The van der Waals surface area contributed by atoms with Crippen molar-refractivity contribution >= 4 is 11.3 Å². The molecule has 0 fully saturated rings. The Bertz CT molecular complexity index is 310. The third kappa shape index (κ3) is 3.28. The second-order valence-electron chi connectivity index (χ2n) is 4.94. The Kier molecular flexibility index (Phi) is 4.29. The maximum atomic E-state index is 5.76. The monoisotopic (exact) mass is 226 g/mol. The summed E-state index contributed by atoms with van der Waals surface area (Å²) in [6.07, 6.45) is 3.55. The van der Waals surface area contributed by atoms with Crippen LogP contribution in [0.5, 0.6) is 0 Å². The van der Waals surface area contributed by atoms with Gasteiger partial charge in [-0.3, -0.25) is 0 Å². The molecule has 1 aromatic rings. The molecule has 0 aliphatic heterocycles. The molecule has 0 saturated carbocycles. The van der Waals surface area contributed by atoms with E-state index in [1.54, 1.807) is 11.3 Å². The molecule has 2 N–H and O–H groups in total. The number of thiazole rings is 1.